The summed E-state index contributed by atoms with van der Waals surface area (Å²) in [5.74, 6) is 1.45. The van der Waals surface area contributed by atoms with Crippen molar-refractivity contribution in [1.29, 1.82) is 0 Å². The number of hydrogen-bond acceptors (Lipinski definition) is 4. The summed E-state index contributed by atoms with van der Waals surface area (Å²) in [6, 6.07) is 1.92. The maximum absolute atomic E-state index is 5.73. The molecule has 0 aliphatic heterocycles. The lowest BCUT2D eigenvalue weighted by Crippen LogP contribution is -2.13. The highest BCUT2D eigenvalue weighted by molar-refractivity contribution is 5.07. The van der Waals surface area contributed by atoms with Gasteiger partial charge < -0.3 is 10.5 Å². The van der Waals surface area contributed by atoms with Gasteiger partial charge in [0, 0.05) is 24.9 Å². The molecule has 1 fully saturated rings. The van der Waals surface area contributed by atoms with Crippen LogP contribution in [-0.4, -0.2) is 23.1 Å². The number of aromatic nitrogens is 2. The van der Waals surface area contributed by atoms with Crippen molar-refractivity contribution < 1.29 is 4.74 Å². The van der Waals surface area contributed by atoms with E-state index in [4.69, 9.17) is 10.5 Å². The highest BCUT2D eigenvalue weighted by Gasteiger charge is 2.34. The predicted octanol–water partition coefficient (Wildman–Crippen LogP) is 1.47. The lowest BCUT2D eigenvalue weighted by molar-refractivity contribution is 0.0399. The van der Waals surface area contributed by atoms with Crippen LogP contribution in [-0.2, 0) is 11.2 Å². The van der Waals surface area contributed by atoms with Gasteiger partial charge in [-0.25, -0.2) is 9.97 Å². The van der Waals surface area contributed by atoms with Gasteiger partial charge in [-0.1, -0.05) is 0 Å². The van der Waals surface area contributed by atoms with Crippen molar-refractivity contribution in [3.8, 4) is 0 Å². The molecule has 16 heavy (non-hydrogen) atoms. The van der Waals surface area contributed by atoms with Gasteiger partial charge in [0.15, 0.2) is 5.82 Å². The second-order valence-corrected chi connectivity index (χ2v) is 4.16. The normalized spacial score (nSPS) is 17.4. The molecule has 1 unspecified atom stereocenters. The second-order valence-electron chi connectivity index (χ2n) is 4.16. The van der Waals surface area contributed by atoms with E-state index in [0.29, 0.717) is 19.1 Å². The molecule has 0 bridgehead atoms. The van der Waals surface area contributed by atoms with Crippen molar-refractivity contribution in [3.05, 3.63) is 23.8 Å². The Labute approximate surface area is 96.2 Å². The van der Waals surface area contributed by atoms with Crippen LogP contribution in [0.3, 0.4) is 0 Å². The monoisotopic (exact) mass is 221 g/mol. The molecule has 0 radical (unpaired) electrons. The molecule has 1 atom stereocenters. The maximum Gasteiger partial charge on any atom is 0.157 e. The van der Waals surface area contributed by atoms with Crippen molar-refractivity contribution in [2.75, 3.05) is 13.2 Å². The first-order valence-corrected chi connectivity index (χ1v) is 5.98. The number of nitrogens with zero attached hydrogens (tertiary/aromatic N) is 2. The van der Waals surface area contributed by atoms with Crippen LogP contribution >= 0.6 is 0 Å². The van der Waals surface area contributed by atoms with Crippen LogP contribution in [0.4, 0.5) is 0 Å². The Bertz CT molecular complexity index is 339. The van der Waals surface area contributed by atoms with Gasteiger partial charge in [0.2, 0.25) is 0 Å². The van der Waals surface area contributed by atoms with E-state index in [-0.39, 0.29) is 6.10 Å². The molecule has 1 heterocycles. The lowest BCUT2D eigenvalue weighted by Gasteiger charge is -2.15. The minimum absolute atomic E-state index is 0.0859. The summed E-state index contributed by atoms with van der Waals surface area (Å²) in [7, 11) is 0. The Kier molecular flexibility index (Phi) is 3.85. The van der Waals surface area contributed by atoms with Gasteiger partial charge in [0.1, 0.15) is 6.10 Å². The van der Waals surface area contributed by atoms with E-state index in [2.05, 4.69) is 9.97 Å². The zero-order valence-electron chi connectivity index (χ0n) is 9.72. The van der Waals surface area contributed by atoms with E-state index in [1.54, 1.807) is 0 Å². The Hall–Kier alpha value is -1.00. The van der Waals surface area contributed by atoms with E-state index < -0.39 is 0 Å². The van der Waals surface area contributed by atoms with Crippen molar-refractivity contribution in [2.45, 2.75) is 32.3 Å². The fraction of sp³-hybridized carbons (Fsp3) is 0.667. The molecule has 1 aromatic rings. The molecule has 0 saturated heterocycles. The van der Waals surface area contributed by atoms with Crippen LogP contribution in [0, 0.1) is 5.92 Å². The predicted molar refractivity (Wildman–Crippen MR) is 61.9 cm³/mol. The number of hydrogen-bond donors (Lipinski definition) is 1. The quantitative estimate of drug-likeness (QED) is 0.790. The average Bonchev–Trinajstić information content (AvgIpc) is 3.11. The van der Waals surface area contributed by atoms with Gasteiger partial charge in [-0.2, -0.15) is 0 Å². The molecule has 88 valence electrons. The third kappa shape index (κ3) is 2.77. The summed E-state index contributed by atoms with van der Waals surface area (Å²) in [5, 5.41) is 0. The van der Waals surface area contributed by atoms with Gasteiger partial charge in [-0.15, -0.1) is 0 Å². The summed E-state index contributed by atoms with van der Waals surface area (Å²) in [5.41, 5.74) is 6.54. The molecule has 1 aliphatic rings. The molecular weight excluding hydrogens is 202 g/mol. The Morgan fingerprint density at radius 2 is 2.38 bits per heavy atom. The second kappa shape index (κ2) is 5.37. The third-order valence-corrected chi connectivity index (χ3v) is 2.78. The van der Waals surface area contributed by atoms with E-state index in [1.807, 2.05) is 19.2 Å². The lowest BCUT2D eigenvalue weighted by atomic mass is 10.2. The summed E-state index contributed by atoms with van der Waals surface area (Å²) in [6.07, 6.45) is 5.16. The number of ether oxygens (including phenoxy) is 1. The third-order valence-electron chi connectivity index (χ3n) is 2.78. The summed E-state index contributed by atoms with van der Waals surface area (Å²) in [4.78, 5) is 8.85. The van der Waals surface area contributed by atoms with E-state index in [9.17, 15) is 0 Å². The van der Waals surface area contributed by atoms with Gasteiger partial charge in [0.05, 0.1) is 0 Å². The molecule has 1 aliphatic carbocycles. The van der Waals surface area contributed by atoms with E-state index >= 15 is 0 Å². The molecule has 1 aromatic heterocycles. The van der Waals surface area contributed by atoms with E-state index in [1.165, 1.54) is 12.8 Å². The van der Waals surface area contributed by atoms with E-state index in [0.717, 1.165) is 17.9 Å². The smallest absolute Gasteiger partial charge is 0.157 e. The van der Waals surface area contributed by atoms with Crippen LogP contribution in [0.15, 0.2) is 12.3 Å². The molecule has 1 saturated carbocycles. The average molecular weight is 221 g/mol. The standard InChI is InChI=1S/C12H19N3O/c1-2-16-11(9-3-4-9)12-14-8-6-10(15-12)5-7-13/h6,8-9,11H,2-5,7,13H2,1H3. The van der Waals surface area contributed by atoms with Crippen molar-refractivity contribution >= 4 is 0 Å². The molecule has 0 spiro atoms. The zero-order chi connectivity index (χ0) is 11.4. The minimum atomic E-state index is 0.0859. The van der Waals surface area contributed by atoms with Crippen LogP contribution in [0.5, 0.6) is 0 Å². The Morgan fingerprint density at radius 3 is 3.00 bits per heavy atom. The topological polar surface area (TPSA) is 61.0 Å². The first-order chi connectivity index (χ1) is 7.85. The number of rotatable bonds is 6. The maximum atomic E-state index is 5.73. The van der Waals surface area contributed by atoms with Crippen LogP contribution in [0.1, 0.15) is 37.4 Å². The molecule has 2 rings (SSSR count). The summed E-state index contributed by atoms with van der Waals surface area (Å²) >= 11 is 0. The molecule has 4 nitrogen and oxygen atoms in total. The first-order valence-electron chi connectivity index (χ1n) is 5.98. The fourth-order valence-corrected chi connectivity index (χ4v) is 1.84. The van der Waals surface area contributed by atoms with Crippen molar-refractivity contribution in [1.82, 2.24) is 9.97 Å². The summed E-state index contributed by atoms with van der Waals surface area (Å²) in [6.45, 7) is 3.35. The Balaban J connectivity index is 2.12. The van der Waals surface area contributed by atoms with Crippen LogP contribution in [0.25, 0.3) is 0 Å². The molecule has 4 heteroatoms. The fourth-order valence-electron chi connectivity index (χ4n) is 1.84. The number of nitrogens with two attached hydrogens (primary N) is 1. The van der Waals surface area contributed by atoms with Crippen LogP contribution < -0.4 is 5.73 Å². The molecule has 2 N–H and O–H groups in total. The van der Waals surface area contributed by atoms with Crippen molar-refractivity contribution in [2.24, 2.45) is 11.7 Å². The largest absolute Gasteiger partial charge is 0.370 e. The molecule has 0 aromatic carbocycles. The Morgan fingerprint density at radius 1 is 1.56 bits per heavy atom. The molecule has 0 amide bonds. The van der Waals surface area contributed by atoms with Crippen molar-refractivity contribution in [3.63, 3.8) is 0 Å². The van der Waals surface area contributed by atoms with Gasteiger partial charge in [0.25, 0.3) is 0 Å². The zero-order valence-corrected chi connectivity index (χ0v) is 9.72. The highest BCUT2D eigenvalue weighted by Crippen LogP contribution is 2.42. The summed E-state index contributed by atoms with van der Waals surface area (Å²) < 4.78 is 5.73. The SMILES string of the molecule is CCOC(c1nccc(CCN)n1)C1CC1. The molecular formula is C12H19N3O. The highest BCUT2D eigenvalue weighted by atomic mass is 16.5. The minimum Gasteiger partial charge on any atom is -0.370 e. The van der Waals surface area contributed by atoms with Crippen LogP contribution in [0.2, 0.25) is 0 Å². The van der Waals surface area contributed by atoms with Gasteiger partial charge in [-0.3, -0.25) is 0 Å². The first kappa shape index (κ1) is 11.5. The van der Waals surface area contributed by atoms with Gasteiger partial charge in [-0.05, 0) is 38.3 Å². The van der Waals surface area contributed by atoms with Gasteiger partial charge >= 0.3 is 0 Å².